The van der Waals surface area contributed by atoms with Crippen molar-refractivity contribution in [3.63, 3.8) is 0 Å². The van der Waals surface area contributed by atoms with E-state index < -0.39 is 21.9 Å². The quantitative estimate of drug-likeness (QED) is 0.767. The molecule has 0 spiro atoms. The van der Waals surface area contributed by atoms with E-state index in [1.807, 2.05) is 6.92 Å². The number of rotatable bonds is 7. The third kappa shape index (κ3) is 5.10. The molecule has 1 aliphatic heterocycles. The molecule has 0 unspecified atom stereocenters. The zero-order valence-electron chi connectivity index (χ0n) is 16.1. The van der Waals surface area contributed by atoms with Gasteiger partial charge in [-0.2, -0.15) is 0 Å². The number of aryl methyl sites for hydroxylation is 1. The molecule has 0 saturated carbocycles. The van der Waals surface area contributed by atoms with Crippen molar-refractivity contribution in [1.82, 2.24) is 4.90 Å². The van der Waals surface area contributed by atoms with Crippen LogP contribution in [0.25, 0.3) is 0 Å². The standard InChI is InChI=1S/C21H27FN2O3S/c1-17-5-11-21(12-6-17)28(26,27)24(19-9-7-18(22)8-10-19)16-20(25)15-23-13-3-2-4-14-23/h5-12,20,25H,2-4,13-16H2,1H3/t20-/m0/s1. The average molecular weight is 407 g/mol. The first-order chi connectivity index (χ1) is 13.4. The van der Waals surface area contributed by atoms with Crippen molar-refractivity contribution in [2.45, 2.75) is 37.2 Å². The van der Waals surface area contributed by atoms with E-state index in [1.165, 1.54) is 35.0 Å². The minimum Gasteiger partial charge on any atom is -0.390 e. The fourth-order valence-electron chi connectivity index (χ4n) is 3.48. The maximum atomic E-state index is 13.4. The smallest absolute Gasteiger partial charge is 0.264 e. The Kier molecular flexibility index (Phi) is 6.69. The molecule has 5 nitrogen and oxygen atoms in total. The minimum absolute atomic E-state index is 0.0850. The van der Waals surface area contributed by atoms with Crippen LogP contribution >= 0.6 is 0 Å². The Morgan fingerprint density at radius 2 is 1.64 bits per heavy atom. The second-order valence-electron chi connectivity index (χ2n) is 7.34. The number of anilines is 1. The van der Waals surface area contributed by atoms with Crippen LogP contribution in [0, 0.1) is 12.7 Å². The molecule has 2 aromatic rings. The maximum absolute atomic E-state index is 13.4. The number of aliphatic hydroxyl groups is 1. The van der Waals surface area contributed by atoms with Crippen molar-refractivity contribution in [1.29, 1.82) is 0 Å². The highest BCUT2D eigenvalue weighted by molar-refractivity contribution is 7.92. The second kappa shape index (κ2) is 9.03. The number of piperidine rings is 1. The van der Waals surface area contributed by atoms with Gasteiger partial charge in [0, 0.05) is 6.54 Å². The van der Waals surface area contributed by atoms with Crippen molar-refractivity contribution in [3.05, 3.63) is 59.9 Å². The first-order valence-corrected chi connectivity index (χ1v) is 11.1. The number of hydrogen-bond acceptors (Lipinski definition) is 4. The van der Waals surface area contributed by atoms with E-state index in [4.69, 9.17) is 0 Å². The highest BCUT2D eigenvalue weighted by atomic mass is 32.2. The molecule has 0 radical (unpaired) electrons. The van der Waals surface area contributed by atoms with Gasteiger partial charge in [0.2, 0.25) is 0 Å². The van der Waals surface area contributed by atoms with Crippen LogP contribution in [0.15, 0.2) is 53.4 Å². The van der Waals surface area contributed by atoms with Crippen LogP contribution in [0.1, 0.15) is 24.8 Å². The number of nitrogens with zero attached hydrogens (tertiary/aromatic N) is 2. The summed E-state index contributed by atoms with van der Waals surface area (Å²) >= 11 is 0. The molecule has 0 bridgehead atoms. The van der Waals surface area contributed by atoms with E-state index in [0.29, 0.717) is 12.2 Å². The number of benzene rings is 2. The number of hydrogen-bond donors (Lipinski definition) is 1. The molecular weight excluding hydrogens is 379 g/mol. The molecule has 1 saturated heterocycles. The molecule has 1 N–H and O–H groups in total. The van der Waals surface area contributed by atoms with E-state index in [-0.39, 0.29) is 11.4 Å². The van der Waals surface area contributed by atoms with E-state index >= 15 is 0 Å². The number of aliphatic hydroxyl groups excluding tert-OH is 1. The maximum Gasteiger partial charge on any atom is 0.264 e. The van der Waals surface area contributed by atoms with Crippen LogP contribution in [0.5, 0.6) is 0 Å². The van der Waals surface area contributed by atoms with Crippen LogP contribution in [0.2, 0.25) is 0 Å². The summed E-state index contributed by atoms with van der Waals surface area (Å²) in [6.45, 7) is 4.05. The van der Waals surface area contributed by atoms with Crippen LogP contribution in [0.4, 0.5) is 10.1 Å². The van der Waals surface area contributed by atoms with Gasteiger partial charge < -0.3 is 10.0 Å². The fourth-order valence-corrected chi connectivity index (χ4v) is 4.98. The van der Waals surface area contributed by atoms with Crippen molar-refractivity contribution in [2.75, 3.05) is 30.5 Å². The van der Waals surface area contributed by atoms with Gasteiger partial charge in [0.25, 0.3) is 10.0 Å². The van der Waals surface area contributed by atoms with Gasteiger partial charge in [-0.3, -0.25) is 4.31 Å². The summed E-state index contributed by atoms with van der Waals surface area (Å²) in [7, 11) is -3.89. The topological polar surface area (TPSA) is 60.9 Å². The van der Waals surface area contributed by atoms with Crippen LogP contribution in [0.3, 0.4) is 0 Å². The Morgan fingerprint density at radius 3 is 2.25 bits per heavy atom. The molecular formula is C21H27FN2O3S. The summed E-state index contributed by atoms with van der Waals surface area (Å²) in [5.41, 5.74) is 1.29. The summed E-state index contributed by atoms with van der Waals surface area (Å²) in [5, 5.41) is 10.6. The van der Waals surface area contributed by atoms with Gasteiger partial charge in [-0.25, -0.2) is 12.8 Å². The molecule has 1 fully saturated rings. The molecule has 3 rings (SSSR count). The van der Waals surface area contributed by atoms with Crippen molar-refractivity contribution in [3.8, 4) is 0 Å². The molecule has 0 aliphatic carbocycles. The summed E-state index contributed by atoms with van der Waals surface area (Å²) < 4.78 is 41.1. The molecule has 1 atom stereocenters. The SMILES string of the molecule is Cc1ccc(S(=O)(=O)N(C[C@@H](O)CN2CCCCC2)c2ccc(F)cc2)cc1. The Balaban J connectivity index is 1.86. The second-order valence-corrected chi connectivity index (χ2v) is 9.20. The van der Waals surface area contributed by atoms with Gasteiger partial charge in [0.1, 0.15) is 5.82 Å². The Labute approximate surface area is 166 Å². The van der Waals surface area contributed by atoms with Gasteiger partial charge in [0.05, 0.1) is 23.2 Å². The highest BCUT2D eigenvalue weighted by Crippen LogP contribution is 2.25. The summed E-state index contributed by atoms with van der Waals surface area (Å²) in [6.07, 6.45) is 2.53. The Hall–Kier alpha value is -1.96. The highest BCUT2D eigenvalue weighted by Gasteiger charge is 2.28. The van der Waals surface area contributed by atoms with E-state index in [9.17, 15) is 17.9 Å². The third-order valence-corrected chi connectivity index (χ3v) is 6.83. The molecule has 0 aromatic heterocycles. The lowest BCUT2D eigenvalue weighted by Crippen LogP contribution is -2.44. The minimum atomic E-state index is -3.89. The normalized spacial score (nSPS) is 16.7. The van der Waals surface area contributed by atoms with E-state index in [0.717, 1.165) is 31.5 Å². The Bertz CT molecular complexity index is 864. The number of halogens is 1. The molecule has 1 aliphatic rings. The zero-order valence-corrected chi connectivity index (χ0v) is 16.9. The molecule has 7 heteroatoms. The first-order valence-electron chi connectivity index (χ1n) is 9.61. The van der Waals surface area contributed by atoms with Crippen molar-refractivity contribution < 1.29 is 17.9 Å². The predicted molar refractivity (Wildman–Crippen MR) is 108 cm³/mol. The van der Waals surface area contributed by atoms with Gasteiger partial charge in [-0.1, -0.05) is 24.1 Å². The summed E-state index contributed by atoms with van der Waals surface area (Å²) in [5.74, 6) is -0.440. The molecule has 1 heterocycles. The lowest BCUT2D eigenvalue weighted by Gasteiger charge is -2.31. The summed E-state index contributed by atoms with van der Waals surface area (Å²) in [4.78, 5) is 2.31. The van der Waals surface area contributed by atoms with Crippen LogP contribution in [-0.2, 0) is 10.0 Å². The van der Waals surface area contributed by atoms with E-state index in [2.05, 4.69) is 4.90 Å². The molecule has 2 aromatic carbocycles. The average Bonchev–Trinajstić information content (AvgIpc) is 2.68. The lowest BCUT2D eigenvalue weighted by molar-refractivity contribution is 0.107. The number of likely N-dealkylation sites (tertiary alicyclic amines) is 1. The van der Waals surface area contributed by atoms with Crippen LogP contribution < -0.4 is 4.31 Å². The van der Waals surface area contributed by atoms with Gasteiger partial charge >= 0.3 is 0 Å². The largest absolute Gasteiger partial charge is 0.390 e. The van der Waals surface area contributed by atoms with Gasteiger partial charge in [-0.05, 0) is 69.3 Å². The monoisotopic (exact) mass is 406 g/mol. The van der Waals surface area contributed by atoms with Gasteiger partial charge in [0.15, 0.2) is 0 Å². The van der Waals surface area contributed by atoms with Crippen molar-refractivity contribution >= 4 is 15.7 Å². The third-order valence-electron chi connectivity index (χ3n) is 5.02. The lowest BCUT2D eigenvalue weighted by atomic mass is 10.1. The fraction of sp³-hybridized carbons (Fsp3) is 0.429. The van der Waals surface area contributed by atoms with E-state index in [1.54, 1.807) is 24.3 Å². The first kappa shape index (κ1) is 20.8. The van der Waals surface area contributed by atoms with Gasteiger partial charge in [-0.15, -0.1) is 0 Å². The Morgan fingerprint density at radius 1 is 1.04 bits per heavy atom. The molecule has 0 amide bonds. The van der Waals surface area contributed by atoms with Crippen molar-refractivity contribution in [2.24, 2.45) is 0 Å². The molecule has 28 heavy (non-hydrogen) atoms. The predicted octanol–water partition coefficient (Wildman–Crippen LogP) is 3.18. The van der Waals surface area contributed by atoms with Crippen LogP contribution in [-0.4, -0.2) is 50.7 Å². The number of β-amino-alcohol motifs (C(OH)–C–C–N with tert-alkyl or cyclic N) is 1. The number of sulfonamides is 1. The molecule has 152 valence electrons. The summed E-state index contributed by atoms with van der Waals surface area (Å²) in [6, 6.07) is 11.9. The zero-order chi connectivity index (χ0) is 20.1.